The molecule has 0 unspecified atom stereocenters. The van der Waals surface area contributed by atoms with Gasteiger partial charge < -0.3 is 10.4 Å². The highest BCUT2D eigenvalue weighted by molar-refractivity contribution is 5.47. The van der Waals surface area contributed by atoms with Gasteiger partial charge in [0.15, 0.2) is 0 Å². The zero-order valence-corrected chi connectivity index (χ0v) is 12.2. The third-order valence-corrected chi connectivity index (χ3v) is 3.27. The first-order chi connectivity index (χ1) is 10.0. The molecule has 0 saturated heterocycles. The molecule has 2 N–H and O–H groups in total. The van der Waals surface area contributed by atoms with Crippen LogP contribution < -0.4 is 5.32 Å². The molecule has 0 saturated carbocycles. The Bertz CT molecular complexity index is 624. The summed E-state index contributed by atoms with van der Waals surface area (Å²) in [4.78, 5) is 0. The van der Waals surface area contributed by atoms with Crippen molar-refractivity contribution in [3.05, 3.63) is 41.7 Å². The molecule has 0 spiro atoms. The number of aliphatic hydroxyl groups is 1. The van der Waals surface area contributed by atoms with E-state index in [1.807, 2.05) is 38.1 Å². The van der Waals surface area contributed by atoms with Gasteiger partial charge in [-0.15, -0.1) is 5.10 Å². The molecule has 0 radical (unpaired) electrons. The molecule has 2 rings (SSSR count). The van der Waals surface area contributed by atoms with Crippen LogP contribution >= 0.6 is 0 Å². The fourth-order valence-electron chi connectivity index (χ4n) is 1.89. The van der Waals surface area contributed by atoms with Crippen molar-refractivity contribution in [2.75, 3.05) is 11.9 Å². The molecule has 1 aromatic heterocycles. The average molecular weight is 285 g/mol. The maximum atomic E-state index is 9.11. The Morgan fingerprint density at radius 3 is 2.67 bits per heavy atom. The third-order valence-electron chi connectivity index (χ3n) is 3.27. The molecule has 6 nitrogen and oxygen atoms in total. The molecular weight excluding hydrogens is 266 g/mol. The Morgan fingerprint density at radius 1 is 1.33 bits per heavy atom. The van der Waals surface area contributed by atoms with Crippen molar-refractivity contribution >= 4 is 5.69 Å². The second-order valence-corrected chi connectivity index (χ2v) is 5.36. The van der Waals surface area contributed by atoms with Crippen LogP contribution in [-0.2, 0) is 18.5 Å². The molecule has 0 aliphatic carbocycles. The van der Waals surface area contributed by atoms with Gasteiger partial charge in [0, 0.05) is 5.69 Å². The van der Waals surface area contributed by atoms with E-state index in [0.29, 0.717) is 13.1 Å². The number of nitriles is 1. The van der Waals surface area contributed by atoms with Crippen LogP contribution in [-0.4, -0.2) is 26.7 Å². The third kappa shape index (κ3) is 3.80. The predicted molar refractivity (Wildman–Crippen MR) is 79.5 cm³/mol. The lowest BCUT2D eigenvalue weighted by atomic mass is 9.86. The summed E-state index contributed by atoms with van der Waals surface area (Å²) in [5.74, 6) is 0. The van der Waals surface area contributed by atoms with Gasteiger partial charge in [-0.05, 0) is 31.5 Å². The number of nitrogens with one attached hydrogen (secondary N) is 1. The quantitative estimate of drug-likeness (QED) is 0.843. The summed E-state index contributed by atoms with van der Waals surface area (Å²) in [6.45, 7) is 4.85. The highest BCUT2D eigenvalue weighted by Crippen LogP contribution is 2.23. The smallest absolute Gasteiger partial charge is 0.102 e. The first-order valence-electron chi connectivity index (χ1n) is 6.81. The van der Waals surface area contributed by atoms with E-state index in [9.17, 15) is 0 Å². The zero-order valence-electron chi connectivity index (χ0n) is 12.2. The molecular formula is C15H19N5O. The topological polar surface area (TPSA) is 86.8 Å². The fraction of sp³-hybridized carbons (Fsp3) is 0.400. The Labute approximate surface area is 124 Å². The van der Waals surface area contributed by atoms with E-state index in [1.165, 1.54) is 0 Å². The molecule has 0 fully saturated rings. The molecule has 1 aromatic carbocycles. The number of hydrogen-bond donors (Lipinski definition) is 2. The number of anilines is 1. The highest BCUT2D eigenvalue weighted by atomic mass is 16.3. The molecule has 0 atom stereocenters. The number of aromatic nitrogens is 3. The van der Waals surface area contributed by atoms with E-state index in [-0.39, 0.29) is 6.61 Å². The zero-order chi connectivity index (χ0) is 15.3. The summed E-state index contributed by atoms with van der Waals surface area (Å²) in [7, 11) is 0. The van der Waals surface area contributed by atoms with E-state index in [2.05, 4.69) is 21.7 Å². The van der Waals surface area contributed by atoms with Crippen molar-refractivity contribution in [2.45, 2.75) is 32.4 Å². The fourth-order valence-corrected chi connectivity index (χ4v) is 1.89. The van der Waals surface area contributed by atoms with E-state index < -0.39 is 5.41 Å². The number of hydrogen-bond acceptors (Lipinski definition) is 5. The van der Waals surface area contributed by atoms with Gasteiger partial charge in [-0.3, -0.25) is 0 Å². The normalized spacial score (nSPS) is 11.1. The monoisotopic (exact) mass is 285 g/mol. The summed E-state index contributed by atoms with van der Waals surface area (Å²) < 4.78 is 1.61. The Kier molecular flexibility index (Phi) is 4.55. The highest BCUT2D eigenvalue weighted by Gasteiger charge is 2.18. The standard InChI is InChI=1S/C15H19N5O/c1-15(2,11-16)12-3-5-13(6-4-12)17-9-14-10-20(7-8-21)19-18-14/h3-6,10,17,21H,7-9H2,1-2H3. The number of rotatable bonds is 6. The van der Waals surface area contributed by atoms with Crippen molar-refractivity contribution in [3.63, 3.8) is 0 Å². The van der Waals surface area contributed by atoms with E-state index in [4.69, 9.17) is 10.4 Å². The van der Waals surface area contributed by atoms with Gasteiger partial charge in [0.05, 0.1) is 37.4 Å². The molecule has 0 amide bonds. The molecule has 2 aromatic rings. The van der Waals surface area contributed by atoms with Crippen LogP contribution in [0.3, 0.4) is 0 Å². The van der Waals surface area contributed by atoms with Crippen molar-refractivity contribution in [1.29, 1.82) is 5.26 Å². The van der Waals surface area contributed by atoms with Gasteiger partial charge in [-0.1, -0.05) is 17.3 Å². The lowest BCUT2D eigenvalue weighted by molar-refractivity contribution is 0.268. The molecule has 6 heteroatoms. The summed E-state index contributed by atoms with van der Waals surface area (Å²) >= 11 is 0. The van der Waals surface area contributed by atoms with Gasteiger partial charge in [0.2, 0.25) is 0 Å². The summed E-state index contributed by atoms with van der Waals surface area (Å²) in [6, 6.07) is 10.1. The maximum absolute atomic E-state index is 9.11. The van der Waals surface area contributed by atoms with Crippen molar-refractivity contribution < 1.29 is 5.11 Å². The van der Waals surface area contributed by atoms with Crippen LogP contribution in [0.4, 0.5) is 5.69 Å². The van der Waals surface area contributed by atoms with Gasteiger partial charge in [0.1, 0.15) is 5.69 Å². The second kappa shape index (κ2) is 6.37. The van der Waals surface area contributed by atoms with Crippen LogP contribution in [0.1, 0.15) is 25.1 Å². The van der Waals surface area contributed by atoms with E-state index in [1.54, 1.807) is 10.9 Å². The Hall–Kier alpha value is -2.39. The van der Waals surface area contributed by atoms with Gasteiger partial charge in [0.25, 0.3) is 0 Å². The SMILES string of the molecule is CC(C)(C#N)c1ccc(NCc2cn(CCO)nn2)cc1. The van der Waals surface area contributed by atoms with Crippen LogP contribution in [0.2, 0.25) is 0 Å². The minimum absolute atomic E-state index is 0.0480. The molecule has 0 aliphatic rings. The Balaban J connectivity index is 1.96. The number of aliphatic hydroxyl groups excluding tert-OH is 1. The average Bonchev–Trinajstić information content (AvgIpc) is 2.94. The van der Waals surface area contributed by atoms with E-state index in [0.717, 1.165) is 16.9 Å². The lowest BCUT2D eigenvalue weighted by Crippen LogP contribution is -2.13. The van der Waals surface area contributed by atoms with Crippen molar-refractivity contribution in [2.24, 2.45) is 0 Å². The molecule has 0 aliphatic heterocycles. The minimum atomic E-state index is -0.481. The number of benzene rings is 1. The van der Waals surface area contributed by atoms with Gasteiger partial charge >= 0.3 is 0 Å². The number of nitrogens with zero attached hydrogens (tertiary/aromatic N) is 4. The Morgan fingerprint density at radius 2 is 2.05 bits per heavy atom. The summed E-state index contributed by atoms with van der Waals surface area (Å²) in [5, 5.41) is 29.1. The van der Waals surface area contributed by atoms with Gasteiger partial charge in [-0.2, -0.15) is 5.26 Å². The van der Waals surface area contributed by atoms with Crippen LogP contribution in [0, 0.1) is 11.3 Å². The van der Waals surface area contributed by atoms with Crippen molar-refractivity contribution in [1.82, 2.24) is 15.0 Å². The minimum Gasteiger partial charge on any atom is -0.394 e. The molecule has 0 bridgehead atoms. The summed E-state index contributed by atoms with van der Waals surface area (Å²) in [5.41, 5.74) is 2.28. The van der Waals surface area contributed by atoms with Crippen LogP contribution in [0.15, 0.2) is 30.5 Å². The maximum Gasteiger partial charge on any atom is 0.102 e. The molecule has 110 valence electrons. The molecule has 1 heterocycles. The van der Waals surface area contributed by atoms with Crippen LogP contribution in [0.5, 0.6) is 0 Å². The lowest BCUT2D eigenvalue weighted by Gasteiger charge is -2.16. The van der Waals surface area contributed by atoms with Crippen LogP contribution in [0.25, 0.3) is 0 Å². The summed E-state index contributed by atoms with van der Waals surface area (Å²) in [6.07, 6.45) is 1.80. The van der Waals surface area contributed by atoms with Gasteiger partial charge in [-0.25, -0.2) is 4.68 Å². The van der Waals surface area contributed by atoms with Crippen molar-refractivity contribution in [3.8, 4) is 6.07 Å². The first kappa shape index (κ1) is 15.0. The first-order valence-corrected chi connectivity index (χ1v) is 6.81. The second-order valence-electron chi connectivity index (χ2n) is 5.36. The van der Waals surface area contributed by atoms with E-state index >= 15 is 0 Å². The molecule has 21 heavy (non-hydrogen) atoms. The predicted octanol–water partition coefficient (Wildman–Crippen LogP) is 1.68. The largest absolute Gasteiger partial charge is 0.394 e.